The zero-order chi connectivity index (χ0) is 57.4. The first-order chi connectivity index (χ1) is 37.2. The summed E-state index contributed by atoms with van der Waals surface area (Å²) >= 11 is 0. The Morgan fingerprint density at radius 2 is 0.557 bits per heavy atom. The maximum absolute atomic E-state index is 12.1. The molecule has 0 fully saturated rings. The van der Waals surface area contributed by atoms with Crippen molar-refractivity contribution >= 4 is 75.2 Å². The number of aromatic hydroxyl groups is 20. The number of furan rings is 1. The Labute approximate surface area is 443 Å². The molecule has 79 heavy (non-hydrogen) atoms. The third kappa shape index (κ3) is 7.10. The minimum atomic E-state index is -1.57. The summed E-state index contributed by atoms with van der Waals surface area (Å²) in [6, 6.07) is 15.1. The average Bonchev–Trinajstić information content (AvgIpc) is 3.97. The highest BCUT2D eigenvalue weighted by molar-refractivity contribution is 6.53. The fraction of sp³-hybridized carbons (Fsp3) is 0. The van der Waals surface area contributed by atoms with Crippen LogP contribution in [-0.2, 0) is 0 Å². The van der Waals surface area contributed by atoms with Crippen molar-refractivity contribution in [1.82, 2.24) is 15.0 Å². The first-order valence-corrected chi connectivity index (χ1v) is 22.1. The van der Waals surface area contributed by atoms with Crippen LogP contribution in [0.15, 0.2) is 59.0 Å². The van der Waals surface area contributed by atoms with Gasteiger partial charge >= 0.3 is 0 Å². The first kappa shape index (κ1) is 51.3. The zero-order valence-electron chi connectivity index (χ0n) is 39.2. The first-order valence-electron chi connectivity index (χ1n) is 22.1. The molecule has 0 amide bonds. The van der Waals surface area contributed by atoms with E-state index >= 15 is 0 Å². The molecule has 20 N–H and O–H groups in total. The van der Waals surface area contributed by atoms with Gasteiger partial charge in [0.25, 0.3) is 0 Å². The van der Waals surface area contributed by atoms with E-state index in [1.54, 1.807) is 42.5 Å². The lowest BCUT2D eigenvalue weighted by atomic mass is 9.73. The van der Waals surface area contributed by atoms with Crippen LogP contribution >= 0.6 is 0 Å². The summed E-state index contributed by atoms with van der Waals surface area (Å²) < 4.78 is 6.21. The maximum atomic E-state index is 12.1. The number of rotatable bonds is 7. The second-order valence-corrected chi connectivity index (χ2v) is 17.4. The average molecular weight is 1060 g/mol. The molecule has 28 heteroatoms. The van der Waals surface area contributed by atoms with Gasteiger partial charge in [0.15, 0.2) is 80.4 Å². The Hall–Kier alpha value is -11.2. The molecule has 0 aliphatic carbocycles. The molecule has 0 aliphatic rings. The van der Waals surface area contributed by atoms with Crippen molar-refractivity contribution < 1.29 is 107 Å². The largest absolute Gasteiger partial charge is 0.508 e. The molecular weight excluding hydrogens is 1030 g/mol. The Morgan fingerprint density at radius 1 is 0.241 bits per heavy atom. The van der Waals surface area contributed by atoms with Gasteiger partial charge in [-0.3, -0.25) is 0 Å². The van der Waals surface area contributed by atoms with E-state index < -0.39 is 215 Å². The predicted molar refractivity (Wildman–Crippen MR) is 280 cm³/mol. The molecule has 0 spiro atoms. The Balaban J connectivity index is 1.36. The van der Waals surface area contributed by atoms with Gasteiger partial charge in [0.2, 0.25) is 28.7 Å². The van der Waals surface area contributed by atoms with Crippen LogP contribution in [0, 0.1) is 0 Å². The minimum absolute atomic E-state index is 0.0804. The number of aromatic nitrogens is 3. The van der Waals surface area contributed by atoms with Crippen LogP contribution in [-0.4, -0.2) is 148 Å². The second-order valence-electron chi connectivity index (χ2n) is 17.4. The lowest BCUT2D eigenvalue weighted by Crippen LogP contribution is -2.28. The van der Waals surface area contributed by atoms with E-state index in [9.17, 15) is 102 Å². The number of hydrogen-bond acceptors (Lipinski definition) is 24. The number of benzene rings is 8. The van der Waals surface area contributed by atoms with Crippen LogP contribution in [0.2, 0.25) is 0 Å². The quantitative estimate of drug-likeness (QED) is 0.0620. The van der Waals surface area contributed by atoms with E-state index in [-0.39, 0.29) is 11.1 Å². The Morgan fingerprint density at radius 3 is 1.04 bits per heavy atom. The van der Waals surface area contributed by atoms with E-state index in [1.165, 1.54) is 12.1 Å². The molecule has 2 aromatic heterocycles. The molecule has 0 unspecified atom stereocenters. The van der Waals surface area contributed by atoms with Crippen LogP contribution in [0.4, 0.5) is 0 Å². The summed E-state index contributed by atoms with van der Waals surface area (Å²) in [4.78, 5) is 12.5. The molecule has 0 bridgehead atoms. The minimum Gasteiger partial charge on any atom is -0.508 e. The van der Waals surface area contributed by atoms with Gasteiger partial charge < -0.3 is 107 Å². The highest BCUT2D eigenvalue weighted by atomic mass is 16.4. The number of fused-ring (bicyclic) bond motifs is 3. The van der Waals surface area contributed by atoms with Gasteiger partial charge in [-0.05, 0) is 27.6 Å². The monoisotopic (exact) mass is 1060 g/mol. The summed E-state index contributed by atoms with van der Waals surface area (Å²) in [5.74, 6) is -31.4. The summed E-state index contributed by atoms with van der Waals surface area (Å²) in [5, 5.41) is 222. The molecule has 386 valence electrons. The zero-order valence-corrected chi connectivity index (χ0v) is 39.2. The van der Waals surface area contributed by atoms with Crippen LogP contribution in [0.1, 0.15) is 0 Å². The second kappa shape index (κ2) is 17.7. The van der Waals surface area contributed by atoms with Gasteiger partial charge in [-0.15, -0.1) is 0 Å². The molecule has 0 saturated carbocycles. The molecule has 24 nitrogen and oxygen atoms in total. The van der Waals surface area contributed by atoms with Gasteiger partial charge in [0.1, 0.15) is 82.6 Å². The number of phenols is 20. The molecule has 0 aliphatic heterocycles. The van der Waals surface area contributed by atoms with Gasteiger partial charge in [0.05, 0.1) is 33.0 Å². The third-order valence-corrected chi connectivity index (χ3v) is 13.1. The summed E-state index contributed by atoms with van der Waals surface area (Å²) in [6.45, 7) is 0. The normalized spacial score (nSPS) is 11.5. The van der Waals surface area contributed by atoms with Crippen molar-refractivity contribution in [3.05, 3.63) is 54.6 Å². The van der Waals surface area contributed by atoms with Crippen LogP contribution in [0.3, 0.4) is 0 Å². The Kier molecular flexibility index (Phi) is 11.5. The van der Waals surface area contributed by atoms with Crippen molar-refractivity contribution in [2.24, 2.45) is 0 Å². The fourth-order valence-electron chi connectivity index (χ4n) is 9.08. The van der Waals surface area contributed by atoms with Crippen molar-refractivity contribution in [2.45, 2.75) is 0 Å². The molecule has 0 atom stereocenters. The predicted octanol–water partition coefficient (Wildman–Crippen LogP) is 2.73. The molecule has 8 radical (unpaired) electrons. The molecule has 0 saturated heterocycles. The smallest absolute Gasteiger partial charge is 0.208 e. The SMILES string of the molecule is [B]c1c([B])c(-c2c(O)c([B])c(O)c(-c3nc(-c4c(O)c([B])c(O)c(-c5c(O)c(O)c(O)c(O)c5O)c4O)nc(-c4c(O)c(O)c(O)c5c4oc4c(-c6ccc(-c7ccccc7)cc6)c(O)c(O)c(O)c45)n3)c2O)c(O)c(O)c1O. The summed E-state index contributed by atoms with van der Waals surface area (Å²) in [7, 11) is 24.1. The third-order valence-electron chi connectivity index (χ3n) is 13.1. The highest BCUT2D eigenvalue weighted by Gasteiger charge is 2.37. The van der Waals surface area contributed by atoms with E-state index in [2.05, 4.69) is 15.0 Å². The topological polar surface area (TPSA) is 456 Å². The van der Waals surface area contributed by atoms with E-state index in [0.29, 0.717) is 5.56 Å². The van der Waals surface area contributed by atoms with Crippen molar-refractivity contribution in [1.29, 1.82) is 0 Å². The lowest BCUT2D eigenvalue weighted by molar-refractivity contribution is 0.329. The molecule has 10 rings (SSSR count). The van der Waals surface area contributed by atoms with Gasteiger partial charge in [0, 0.05) is 5.56 Å². The van der Waals surface area contributed by atoms with Gasteiger partial charge in [-0.2, -0.15) is 0 Å². The molecular formula is C51H29B4N3O21. The fourth-order valence-corrected chi connectivity index (χ4v) is 9.08. The molecule has 2 heterocycles. The highest BCUT2D eigenvalue weighted by Crippen LogP contribution is 2.62. The summed E-state index contributed by atoms with van der Waals surface area (Å²) in [5.41, 5.74) is -12.5. The Bertz CT molecular complexity index is 4150. The molecule has 10 aromatic rings. The number of nitrogens with zero attached hydrogens (tertiary/aromatic N) is 3. The van der Waals surface area contributed by atoms with Crippen molar-refractivity contribution in [3.63, 3.8) is 0 Å². The van der Waals surface area contributed by atoms with Crippen LogP contribution in [0.5, 0.6) is 115 Å². The van der Waals surface area contributed by atoms with E-state index in [1.807, 2.05) is 0 Å². The van der Waals surface area contributed by atoms with Crippen LogP contribution < -0.4 is 21.9 Å². The maximum Gasteiger partial charge on any atom is 0.208 e. The van der Waals surface area contributed by atoms with Crippen molar-refractivity contribution in [3.8, 4) is 194 Å². The standard InChI is InChI=1S/C51H29B4N3O21/c52-23-14(34(66)43(75)40(72)24(23)53)15-27(59)20(31(63)25(54)29(15)61)49-56-50(21-28(60)16(30(62)26(55)32(21)64)17-35(67)44(76)46(78)45(77)36(17)68)58-51(57-49)22-39(71)42(74)38(70)19-18-37(69)41(73)33(65)13(47(18)79-48(19)22)12-8-6-11(7-9-12)10-4-2-1-3-5-10/h1-9,59-78H. The van der Waals surface area contributed by atoms with Gasteiger partial charge in [-0.25, -0.2) is 15.0 Å². The lowest BCUT2D eigenvalue weighted by Gasteiger charge is -2.22. The number of phenolic OH excluding ortho intramolecular Hbond substituents is 20. The van der Waals surface area contributed by atoms with E-state index in [4.69, 9.17) is 35.8 Å². The van der Waals surface area contributed by atoms with Gasteiger partial charge in [-0.1, -0.05) is 65.5 Å². The van der Waals surface area contributed by atoms with E-state index in [0.717, 1.165) is 5.56 Å². The molecule has 8 aromatic carbocycles. The van der Waals surface area contributed by atoms with Crippen LogP contribution in [0.25, 0.3) is 101 Å². The number of hydrogen-bond donors (Lipinski definition) is 20. The summed E-state index contributed by atoms with van der Waals surface area (Å²) in [6.07, 6.45) is 0. The van der Waals surface area contributed by atoms with Crippen molar-refractivity contribution in [2.75, 3.05) is 0 Å².